The lowest BCUT2D eigenvalue weighted by Crippen LogP contribution is -2.14. The van der Waals surface area contributed by atoms with Crippen molar-refractivity contribution in [3.63, 3.8) is 0 Å². The lowest BCUT2D eigenvalue weighted by Gasteiger charge is -2.06. The summed E-state index contributed by atoms with van der Waals surface area (Å²) in [6, 6.07) is 14.2. The summed E-state index contributed by atoms with van der Waals surface area (Å²) in [5.74, 6) is -0.0762. The molecule has 0 saturated heterocycles. The predicted molar refractivity (Wildman–Crippen MR) is 95.3 cm³/mol. The van der Waals surface area contributed by atoms with Crippen molar-refractivity contribution >= 4 is 22.7 Å². The van der Waals surface area contributed by atoms with E-state index in [9.17, 15) is 9.59 Å². The average molecular weight is 337 g/mol. The Morgan fingerprint density at radius 1 is 1.04 bits per heavy atom. The molecular weight excluding hydrogens is 318 g/mol. The Labute approximate surface area is 145 Å². The average Bonchev–Trinajstić information content (AvgIpc) is 2.96. The van der Waals surface area contributed by atoms with Crippen LogP contribution in [0.1, 0.15) is 33.3 Å². The van der Waals surface area contributed by atoms with Crippen LogP contribution in [0, 0.1) is 6.92 Å². The number of para-hydroxylation sites is 1. The summed E-state index contributed by atoms with van der Waals surface area (Å²) in [4.78, 5) is 27.8. The van der Waals surface area contributed by atoms with E-state index in [0.29, 0.717) is 23.5 Å². The first kappa shape index (κ1) is 16.8. The van der Waals surface area contributed by atoms with Crippen LogP contribution in [0.15, 0.2) is 48.5 Å². The monoisotopic (exact) mass is 337 g/mol. The van der Waals surface area contributed by atoms with Gasteiger partial charge in [-0.25, -0.2) is 4.79 Å². The highest BCUT2D eigenvalue weighted by atomic mass is 16.5. The van der Waals surface area contributed by atoms with Crippen molar-refractivity contribution in [3.05, 3.63) is 65.4 Å². The Bertz CT molecular complexity index is 909. The molecule has 0 unspecified atom stereocenters. The summed E-state index contributed by atoms with van der Waals surface area (Å²) in [6.45, 7) is 3.99. The number of hydrogen-bond acceptors (Lipinski definition) is 4. The molecule has 0 aliphatic heterocycles. The highest BCUT2D eigenvalue weighted by molar-refractivity contribution is 6.10. The van der Waals surface area contributed by atoms with Crippen molar-refractivity contribution in [2.45, 2.75) is 13.8 Å². The minimum Gasteiger partial charge on any atom is -0.494 e. The molecule has 0 spiro atoms. The molecule has 0 atom stereocenters. The number of Topliss-reactive ketones (excluding diaryl/α,β-unsaturated/α-hetero) is 1. The van der Waals surface area contributed by atoms with Crippen molar-refractivity contribution in [2.75, 3.05) is 13.2 Å². The molecule has 1 aromatic heterocycles. The summed E-state index contributed by atoms with van der Waals surface area (Å²) >= 11 is 0. The number of ketones is 1. The number of fused-ring (bicyclic) bond motifs is 1. The number of esters is 1. The third-order valence-electron chi connectivity index (χ3n) is 3.91. The van der Waals surface area contributed by atoms with Crippen LogP contribution in [0.4, 0.5) is 0 Å². The maximum absolute atomic E-state index is 12.5. The van der Waals surface area contributed by atoms with Crippen LogP contribution >= 0.6 is 0 Å². The fourth-order valence-electron chi connectivity index (χ4n) is 2.78. The molecule has 2 aromatic carbocycles. The molecule has 128 valence electrons. The zero-order chi connectivity index (χ0) is 17.8. The van der Waals surface area contributed by atoms with Gasteiger partial charge < -0.3 is 14.5 Å². The summed E-state index contributed by atoms with van der Waals surface area (Å²) in [5, 5.41) is 0.835. The maximum atomic E-state index is 12.5. The van der Waals surface area contributed by atoms with Gasteiger partial charge in [-0.05, 0) is 44.2 Å². The molecule has 3 rings (SSSR count). The van der Waals surface area contributed by atoms with E-state index in [-0.39, 0.29) is 12.4 Å². The quantitative estimate of drug-likeness (QED) is 0.547. The molecule has 25 heavy (non-hydrogen) atoms. The van der Waals surface area contributed by atoms with E-state index in [4.69, 9.17) is 9.47 Å². The van der Waals surface area contributed by atoms with Crippen LogP contribution in [0.3, 0.4) is 0 Å². The van der Waals surface area contributed by atoms with Gasteiger partial charge in [-0.3, -0.25) is 4.79 Å². The molecule has 0 aliphatic rings. The zero-order valence-corrected chi connectivity index (χ0v) is 14.2. The smallest absolute Gasteiger partial charge is 0.338 e. The highest BCUT2D eigenvalue weighted by Crippen LogP contribution is 2.22. The number of carbonyl (C=O) groups excluding carboxylic acids is 2. The molecule has 0 fully saturated rings. The van der Waals surface area contributed by atoms with Gasteiger partial charge in [0.25, 0.3) is 0 Å². The highest BCUT2D eigenvalue weighted by Gasteiger charge is 2.18. The Morgan fingerprint density at radius 2 is 1.76 bits per heavy atom. The number of nitrogens with one attached hydrogen (secondary N) is 1. The standard InChI is InChI=1S/C20H19NO4/c1-3-24-15-10-8-14(9-11-15)20(23)25-12-18(22)19-13(2)21-17-7-5-4-6-16(17)19/h4-11,21H,3,12H2,1-2H3. The van der Waals surface area contributed by atoms with E-state index in [1.807, 2.05) is 38.1 Å². The number of ether oxygens (including phenoxy) is 2. The Hall–Kier alpha value is -3.08. The molecule has 5 heteroatoms. The fraction of sp³-hybridized carbons (Fsp3) is 0.200. The van der Waals surface area contributed by atoms with E-state index >= 15 is 0 Å². The molecule has 1 heterocycles. The van der Waals surface area contributed by atoms with Crippen molar-refractivity contribution in [3.8, 4) is 5.75 Å². The first-order valence-corrected chi connectivity index (χ1v) is 8.10. The van der Waals surface area contributed by atoms with E-state index in [2.05, 4.69) is 4.98 Å². The summed E-state index contributed by atoms with van der Waals surface area (Å²) in [5.41, 5.74) is 2.60. The van der Waals surface area contributed by atoms with E-state index < -0.39 is 5.97 Å². The second-order valence-electron chi connectivity index (χ2n) is 5.63. The molecule has 0 aliphatic carbocycles. The molecule has 5 nitrogen and oxygen atoms in total. The molecule has 0 saturated carbocycles. The number of hydrogen-bond donors (Lipinski definition) is 1. The van der Waals surface area contributed by atoms with Crippen LogP contribution < -0.4 is 4.74 Å². The van der Waals surface area contributed by atoms with E-state index in [0.717, 1.165) is 16.6 Å². The maximum Gasteiger partial charge on any atom is 0.338 e. The topological polar surface area (TPSA) is 68.4 Å². The van der Waals surface area contributed by atoms with Gasteiger partial charge in [0.1, 0.15) is 5.75 Å². The molecule has 0 radical (unpaired) electrons. The molecule has 0 bridgehead atoms. The molecule has 0 amide bonds. The molecule has 3 aromatic rings. The first-order valence-electron chi connectivity index (χ1n) is 8.10. The van der Waals surface area contributed by atoms with E-state index in [1.54, 1.807) is 24.3 Å². The van der Waals surface area contributed by atoms with Gasteiger partial charge in [0.2, 0.25) is 5.78 Å². The number of aromatic nitrogens is 1. The minimum absolute atomic E-state index is 0.228. The second-order valence-corrected chi connectivity index (χ2v) is 5.63. The van der Waals surface area contributed by atoms with Gasteiger partial charge >= 0.3 is 5.97 Å². The summed E-state index contributed by atoms with van der Waals surface area (Å²) < 4.78 is 10.5. The van der Waals surface area contributed by atoms with Gasteiger partial charge in [0, 0.05) is 22.2 Å². The summed E-state index contributed by atoms with van der Waals surface area (Å²) in [6.07, 6.45) is 0. The van der Waals surface area contributed by atoms with Gasteiger partial charge in [-0.15, -0.1) is 0 Å². The van der Waals surface area contributed by atoms with Crippen molar-refractivity contribution in [2.24, 2.45) is 0 Å². The van der Waals surface area contributed by atoms with Gasteiger partial charge in [0.05, 0.1) is 12.2 Å². The first-order chi connectivity index (χ1) is 12.1. The molecule has 1 N–H and O–H groups in total. The number of carbonyl (C=O) groups is 2. The third kappa shape index (κ3) is 3.55. The number of benzene rings is 2. The van der Waals surface area contributed by atoms with Crippen LogP contribution in [0.2, 0.25) is 0 Å². The zero-order valence-electron chi connectivity index (χ0n) is 14.2. The largest absolute Gasteiger partial charge is 0.494 e. The fourth-order valence-corrected chi connectivity index (χ4v) is 2.78. The molecular formula is C20H19NO4. The number of aryl methyl sites for hydroxylation is 1. The van der Waals surface area contributed by atoms with Gasteiger partial charge in [-0.1, -0.05) is 18.2 Å². The van der Waals surface area contributed by atoms with Crippen molar-refractivity contribution in [1.29, 1.82) is 0 Å². The Kier molecular flexibility index (Phi) is 4.84. The lowest BCUT2D eigenvalue weighted by molar-refractivity contribution is 0.0475. The lowest BCUT2D eigenvalue weighted by atomic mass is 10.1. The van der Waals surface area contributed by atoms with Gasteiger partial charge in [0.15, 0.2) is 6.61 Å². The second kappa shape index (κ2) is 7.21. The summed E-state index contributed by atoms with van der Waals surface area (Å²) in [7, 11) is 0. The van der Waals surface area contributed by atoms with Crippen LogP contribution in [0.25, 0.3) is 10.9 Å². The number of H-pyrrole nitrogens is 1. The van der Waals surface area contributed by atoms with Crippen molar-refractivity contribution < 1.29 is 19.1 Å². The predicted octanol–water partition coefficient (Wildman–Crippen LogP) is 3.91. The van der Waals surface area contributed by atoms with Gasteiger partial charge in [-0.2, -0.15) is 0 Å². The van der Waals surface area contributed by atoms with Crippen LogP contribution in [0.5, 0.6) is 5.75 Å². The van der Waals surface area contributed by atoms with Crippen LogP contribution in [-0.4, -0.2) is 30.0 Å². The third-order valence-corrected chi connectivity index (χ3v) is 3.91. The minimum atomic E-state index is -0.533. The Morgan fingerprint density at radius 3 is 2.48 bits per heavy atom. The number of aromatic amines is 1. The Balaban J connectivity index is 1.69. The number of rotatable bonds is 6. The van der Waals surface area contributed by atoms with Crippen molar-refractivity contribution in [1.82, 2.24) is 4.98 Å². The SMILES string of the molecule is CCOc1ccc(C(=O)OCC(=O)c2c(C)[nH]c3ccccc23)cc1. The van der Waals surface area contributed by atoms with Crippen LogP contribution in [-0.2, 0) is 4.74 Å². The normalized spacial score (nSPS) is 10.6. The van der Waals surface area contributed by atoms with E-state index in [1.165, 1.54) is 0 Å².